The van der Waals surface area contributed by atoms with E-state index in [-0.39, 0.29) is 11.8 Å². The van der Waals surface area contributed by atoms with Gasteiger partial charge in [-0.15, -0.1) is 18.3 Å². The first-order valence-corrected chi connectivity index (χ1v) is 15.3. The summed E-state index contributed by atoms with van der Waals surface area (Å²) in [5, 5.41) is 8.11. The number of aliphatic imine (C=N–C) groups is 1. The molecule has 44 heavy (non-hydrogen) atoms. The Kier molecular flexibility index (Phi) is 9.58. The normalized spacial score (nSPS) is 14.6. The van der Waals surface area contributed by atoms with Crippen LogP contribution in [-0.2, 0) is 6.42 Å². The molecule has 1 aliphatic heterocycles. The molecule has 8 nitrogen and oxygen atoms in total. The van der Waals surface area contributed by atoms with Gasteiger partial charge in [-0.05, 0) is 81.0 Å². The first kappa shape index (κ1) is 31.1. The maximum absolute atomic E-state index is 12.7. The summed E-state index contributed by atoms with van der Waals surface area (Å²) in [6, 6.07) is 17.2. The van der Waals surface area contributed by atoms with Crippen molar-refractivity contribution in [3.63, 3.8) is 0 Å². The molecule has 230 valence electrons. The topological polar surface area (TPSA) is 84.6 Å². The molecule has 0 saturated carbocycles. The molecule has 1 aromatic heterocycles. The van der Waals surface area contributed by atoms with Crippen molar-refractivity contribution in [3.8, 4) is 22.8 Å². The van der Waals surface area contributed by atoms with Crippen LogP contribution in [0, 0.1) is 20.8 Å². The van der Waals surface area contributed by atoms with E-state index in [9.17, 15) is 18.0 Å². The quantitative estimate of drug-likeness (QED) is 0.206. The summed E-state index contributed by atoms with van der Waals surface area (Å²) < 4.78 is 42.6. The third kappa shape index (κ3) is 7.98. The zero-order chi connectivity index (χ0) is 31.3. The van der Waals surface area contributed by atoms with Crippen molar-refractivity contribution in [2.24, 2.45) is 4.99 Å². The summed E-state index contributed by atoms with van der Waals surface area (Å²) in [6.07, 6.45) is -0.679. The fourth-order valence-corrected chi connectivity index (χ4v) is 6.15. The molecule has 1 saturated heterocycles. The van der Waals surface area contributed by atoms with Crippen molar-refractivity contribution in [2.45, 2.75) is 46.4 Å². The van der Waals surface area contributed by atoms with Gasteiger partial charge in [0.2, 0.25) is 0 Å². The molecule has 1 fully saturated rings. The first-order chi connectivity index (χ1) is 21.1. The van der Waals surface area contributed by atoms with Gasteiger partial charge in [0.25, 0.3) is 0 Å². The van der Waals surface area contributed by atoms with Crippen LogP contribution in [0.15, 0.2) is 72.0 Å². The number of nitrogens with zero attached hydrogens (tertiary/aromatic N) is 5. The number of aryl methyl sites for hydroxylation is 4. The van der Waals surface area contributed by atoms with Gasteiger partial charge < -0.3 is 15.0 Å². The van der Waals surface area contributed by atoms with Crippen LogP contribution < -0.4 is 15.0 Å². The number of halogens is 3. The number of hydrogen-bond donors (Lipinski definition) is 1. The Hall–Kier alpha value is -4.32. The van der Waals surface area contributed by atoms with Gasteiger partial charge in [-0.25, -0.2) is 14.5 Å². The third-order valence-electron chi connectivity index (χ3n) is 7.05. The second-order valence-corrected chi connectivity index (χ2v) is 11.6. The maximum Gasteiger partial charge on any atom is 0.573 e. The molecule has 2 amide bonds. The van der Waals surface area contributed by atoms with Crippen LogP contribution in [0.25, 0.3) is 17.1 Å². The number of amides is 2. The number of alkyl halides is 3. The largest absolute Gasteiger partial charge is 0.573 e. The number of carbonyl (C=O) groups excluding carboxylic acids is 1. The van der Waals surface area contributed by atoms with E-state index in [0.717, 1.165) is 53.5 Å². The van der Waals surface area contributed by atoms with E-state index in [1.54, 1.807) is 11.8 Å². The van der Waals surface area contributed by atoms with E-state index in [0.29, 0.717) is 18.1 Å². The fraction of sp³-hybridized carbons (Fsp3) is 0.312. The Morgan fingerprint density at radius 1 is 1.05 bits per heavy atom. The number of anilines is 1. The van der Waals surface area contributed by atoms with Gasteiger partial charge >= 0.3 is 12.4 Å². The van der Waals surface area contributed by atoms with Crippen LogP contribution in [0.4, 0.5) is 23.7 Å². The standard InChI is InChI=1S/C32H33F3N6O2S/c1-21-18-22(2)28(23(3)19-21)40-16-5-17-44-31(40)38-30(42)36-15-4-6-24-7-9-25(10-8-24)29-37-20-41(39-29)26-11-13-27(14-12-26)43-32(33,34)35/h7-14,18-20H,4-6,15-17H2,1-3H3,(H,36,42). The van der Waals surface area contributed by atoms with E-state index in [4.69, 9.17) is 0 Å². The Bertz CT molecular complexity index is 1610. The number of nitrogens with one attached hydrogen (secondary N) is 1. The lowest BCUT2D eigenvalue weighted by atomic mass is 10.0. The Balaban J connectivity index is 1.12. The summed E-state index contributed by atoms with van der Waals surface area (Å²) in [6.45, 7) is 7.63. The average Bonchev–Trinajstić information content (AvgIpc) is 3.46. The number of urea groups is 1. The predicted octanol–water partition coefficient (Wildman–Crippen LogP) is 7.40. The maximum atomic E-state index is 12.7. The third-order valence-corrected chi connectivity index (χ3v) is 8.11. The number of thioether (sulfide) groups is 1. The lowest BCUT2D eigenvalue weighted by Crippen LogP contribution is -2.36. The molecule has 0 aliphatic carbocycles. The molecule has 12 heteroatoms. The molecule has 2 heterocycles. The van der Waals surface area contributed by atoms with Gasteiger partial charge in [0, 0.05) is 30.1 Å². The minimum atomic E-state index is -4.74. The predicted molar refractivity (Wildman–Crippen MR) is 168 cm³/mol. The van der Waals surface area contributed by atoms with Crippen molar-refractivity contribution in [1.82, 2.24) is 20.1 Å². The second kappa shape index (κ2) is 13.5. The van der Waals surface area contributed by atoms with Gasteiger partial charge in [-0.2, -0.15) is 4.99 Å². The van der Waals surface area contributed by atoms with Gasteiger partial charge in [-0.1, -0.05) is 53.7 Å². The van der Waals surface area contributed by atoms with Gasteiger partial charge in [0.05, 0.1) is 5.69 Å². The zero-order valence-corrected chi connectivity index (χ0v) is 25.5. The molecular formula is C32H33F3N6O2S. The summed E-state index contributed by atoms with van der Waals surface area (Å²) in [4.78, 5) is 23.6. The summed E-state index contributed by atoms with van der Waals surface area (Å²) in [5.74, 6) is 1.12. The Labute approximate surface area is 258 Å². The van der Waals surface area contributed by atoms with Crippen LogP contribution in [0.2, 0.25) is 0 Å². The molecule has 0 radical (unpaired) electrons. The van der Waals surface area contributed by atoms with Crippen LogP contribution in [0.1, 0.15) is 35.1 Å². The van der Waals surface area contributed by atoms with Crippen LogP contribution >= 0.6 is 11.8 Å². The number of amidine groups is 1. The van der Waals surface area contributed by atoms with Gasteiger partial charge in [0.1, 0.15) is 12.1 Å². The molecule has 0 bridgehead atoms. The summed E-state index contributed by atoms with van der Waals surface area (Å²) in [7, 11) is 0. The highest BCUT2D eigenvalue weighted by atomic mass is 32.2. The highest BCUT2D eigenvalue weighted by Crippen LogP contribution is 2.32. The Morgan fingerprint density at radius 2 is 1.75 bits per heavy atom. The molecule has 3 aromatic carbocycles. The molecule has 4 aromatic rings. The number of ether oxygens (including phenoxy) is 1. The molecule has 1 aliphatic rings. The highest BCUT2D eigenvalue weighted by Gasteiger charge is 2.31. The highest BCUT2D eigenvalue weighted by molar-refractivity contribution is 8.14. The molecular weight excluding hydrogens is 589 g/mol. The van der Waals surface area contributed by atoms with E-state index in [1.807, 2.05) is 24.3 Å². The van der Waals surface area contributed by atoms with E-state index in [2.05, 4.69) is 62.9 Å². The van der Waals surface area contributed by atoms with Crippen molar-refractivity contribution in [2.75, 3.05) is 23.7 Å². The van der Waals surface area contributed by atoms with Gasteiger partial charge in [0.15, 0.2) is 11.0 Å². The second-order valence-electron chi connectivity index (χ2n) is 10.6. The zero-order valence-electron chi connectivity index (χ0n) is 24.7. The summed E-state index contributed by atoms with van der Waals surface area (Å²) >= 11 is 1.62. The monoisotopic (exact) mass is 622 g/mol. The van der Waals surface area contributed by atoms with Gasteiger partial charge in [-0.3, -0.25) is 0 Å². The van der Waals surface area contributed by atoms with E-state index >= 15 is 0 Å². The van der Waals surface area contributed by atoms with Crippen LogP contribution in [-0.4, -0.2) is 51.2 Å². The first-order valence-electron chi connectivity index (χ1n) is 14.3. The van der Waals surface area contributed by atoms with Crippen LogP contribution in [0.5, 0.6) is 5.75 Å². The number of rotatable bonds is 8. The lowest BCUT2D eigenvalue weighted by molar-refractivity contribution is -0.274. The molecule has 0 atom stereocenters. The minimum Gasteiger partial charge on any atom is -0.406 e. The fourth-order valence-electron chi connectivity index (χ4n) is 5.21. The molecule has 1 N–H and O–H groups in total. The Morgan fingerprint density at radius 3 is 2.43 bits per heavy atom. The average molecular weight is 623 g/mol. The number of hydrogen-bond acceptors (Lipinski definition) is 5. The summed E-state index contributed by atoms with van der Waals surface area (Å²) in [5.41, 5.74) is 7.18. The van der Waals surface area contributed by atoms with Crippen molar-refractivity contribution in [3.05, 3.63) is 89.2 Å². The molecule has 0 unspecified atom stereocenters. The van der Waals surface area contributed by atoms with E-state index in [1.165, 1.54) is 52.0 Å². The van der Waals surface area contributed by atoms with Crippen molar-refractivity contribution in [1.29, 1.82) is 0 Å². The number of aromatic nitrogens is 3. The lowest BCUT2D eigenvalue weighted by Gasteiger charge is -2.32. The van der Waals surface area contributed by atoms with Crippen molar-refractivity contribution >= 4 is 28.6 Å². The molecule has 5 rings (SSSR count). The minimum absolute atomic E-state index is 0.303. The van der Waals surface area contributed by atoms with Crippen molar-refractivity contribution < 1.29 is 22.7 Å². The SMILES string of the molecule is Cc1cc(C)c(N2CCCSC2=NC(=O)NCCCc2ccc(-c3ncn(-c4ccc(OC(F)(F)F)cc4)n3)cc2)c(C)c1. The smallest absolute Gasteiger partial charge is 0.406 e. The molecule has 0 spiro atoms. The van der Waals surface area contributed by atoms with Crippen LogP contribution in [0.3, 0.4) is 0 Å². The van der Waals surface area contributed by atoms with E-state index < -0.39 is 6.36 Å². The number of carbonyl (C=O) groups is 1. The number of benzene rings is 3.